The number of hydrogen-bond acceptors (Lipinski definition) is 10. The van der Waals surface area contributed by atoms with Gasteiger partial charge in [0, 0.05) is 27.7 Å². The largest absolute Gasteiger partial charge is 0.478 e. The van der Waals surface area contributed by atoms with Crippen molar-refractivity contribution in [3.63, 3.8) is 0 Å². The Labute approximate surface area is 148 Å². The van der Waals surface area contributed by atoms with Gasteiger partial charge in [-0.15, -0.1) is 0 Å². The topological polar surface area (TPSA) is 160 Å². The predicted molar refractivity (Wildman–Crippen MR) is 80.6 cm³/mol. The van der Waals surface area contributed by atoms with E-state index >= 15 is 0 Å². The van der Waals surface area contributed by atoms with Crippen molar-refractivity contribution in [2.24, 2.45) is 0 Å². The van der Waals surface area contributed by atoms with Crippen LogP contribution in [0.5, 0.6) is 0 Å². The second-order valence-corrected chi connectivity index (χ2v) is 5.31. The number of carboxylic acids is 1. The summed E-state index contributed by atoms with van der Waals surface area (Å²) in [7, 11) is 0. The van der Waals surface area contributed by atoms with Gasteiger partial charge in [0.2, 0.25) is 17.5 Å². The molecule has 3 atom stereocenters. The van der Waals surface area contributed by atoms with Crippen molar-refractivity contribution in [1.29, 1.82) is 0 Å². The molecule has 0 radical (unpaired) electrons. The van der Waals surface area contributed by atoms with Gasteiger partial charge in [-0.2, -0.15) is 0 Å². The van der Waals surface area contributed by atoms with E-state index in [4.69, 9.17) is 14.2 Å². The third-order valence-electron chi connectivity index (χ3n) is 2.92. The van der Waals surface area contributed by atoms with Crippen LogP contribution in [-0.2, 0) is 47.7 Å². The fourth-order valence-electron chi connectivity index (χ4n) is 1.89. The number of hydrogen-bond donors (Lipinski definition) is 1. The lowest BCUT2D eigenvalue weighted by Crippen LogP contribution is -2.60. The fourth-order valence-corrected chi connectivity index (χ4v) is 1.89. The van der Waals surface area contributed by atoms with Crippen LogP contribution in [0.15, 0.2) is 0 Å². The van der Waals surface area contributed by atoms with Crippen molar-refractivity contribution < 1.29 is 52.8 Å². The highest BCUT2D eigenvalue weighted by Crippen LogP contribution is 2.26. The van der Waals surface area contributed by atoms with Gasteiger partial charge in [-0.25, -0.2) is 4.79 Å². The molecule has 11 heteroatoms. The molecular formula is C15H20O11. The maximum absolute atomic E-state index is 12.3. The van der Waals surface area contributed by atoms with Crippen molar-refractivity contribution in [2.45, 2.75) is 52.4 Å². The molecule has 0 aromatic heterocycles. The molecular weight excluding hydrogens is 356 g/mol. The number of ether oxygens (including phenoxy) is 4. The first-order valence-electron chi connectivity index (χ1n) is 7.24. The molecule has 146 valence electrons. The first-order chi connectivity index (χ1) is 11.8. The molecule has 0 rings (SSSR count). The van der Waals surface area contributed by atoms with Crippen LogP contribution in [0.25, 0.3) is 0 Å². The number of ketones is 1. The van der Waals surface area contributed by atoms with Crippen LogP contribution >= 0.6 is 0 Å². The van der Waals surface area contributed by atoms with Gasteiger partial charge < -0.3 is 24.1 Å². The molecule has 0 aliphatic carbocycles. The second-order valence-electron chi connectivity index (χ2n) is 5.31. The monoisotopic (exact) mass is 376 g/mol. The van der Waals surface area contributed by atoms with Gasteiger partial charge in [0.1, 0.15) is 0 Å². The van der Waals surface area contributed by atoms with Crippen molar-refractivity contribution in [3.8, 4) is 0 Å². The Morgan fingerprint density at radius 1 is 0.846 bits per heavy atom. The maximum atomic E-state index is 12.3. The Hall–Kier alpha value is -2.98. The van der Waals surface area contributed by atoms with Crippen LogP contribution in [0.3, 0.4) is 0 Å². The molecule has 0 aromatic carbocycles. The van der Waals surface area contributed by atoms with E-state index in [1.807, 2.05) is 0 Å². The Morgan fingerprint density at radius 2 is 1.35 bits per heavy atom. The number of esters is 4. The van der Waals surface area contributed by atoms with E-state index in [0.29, 0.717) is 0 Å². The summed E-state index contributed by atoms with van der Waals surface area (Å²) in [4.78, 5) is 68.8. The van der Waals surface area contributed by atoms with E-state index < -0.39 is 60.0 Å². The van der Waals surface area contributed by atoms with Crippen LogP contribution in [0.4, 0.5) is 0 Å². The molecule has 0 aliphatic heterocycles. The van der Waals surface area contributed by atoms with Gasteiger partial charge in [0.05, 0.1) is 0 Å². The minimum Gasteiger partial charge on any atom is -0.478 e. The number of carbonyl (C=O) groups excluding carboxylic acids is 5. The number of rotatable bonds is 9. The van der Waals surface area contributed by atoms with E-state index in [2.05, 4.69) is 4.74 Å². The summed E-state index contributed by atoms with van der Waals surface area (Å²) in [6.45, 7) is 3.71. The Bertz CT molecular complexity index is 609. The fraction of sp³-hybridized carbons (Fsp3) is 0.600. The molecule has 0 saturated heterocycles. The molecule has 0 heterocycles. The molecule has 11 nitrogen and oxygen atoms in total. The Kier molecular flexibility index (Phi) is 8.40. The first-order valence-corrected chi connectivity index (χ1v) is 7.24. The second kappa shape index (κ2) is 9.49. The lowest BCUT2D eigenvalue weighted by molar-refractivity contribution is -0.210. The summed E-state index contributed by atoms with van der Waals surface area (Å²) in [5.41, 5.74) is -2.57. The molecule has 0 aliphatic rings. The number of carboxylic acid groups (broad SMARTS) is 1. The van der Waals surface area contributed by atoms with Crippen molar-refractivity contribution >= 4 is 35.6 Å². The van der Waals surface area contributed by atoms with Crippen LogP contribution in [0, 0.1) is 0 Å². The number of carbonyl (C=O) groups is 6. The standard InChI is InChI=1S/C15H20O11/c1-7(16)23-6-11(20)12(24-8(2)17)13(25-9(3)18)15(5,14(21)22)26-10(4)19/h12-13H,6H2,1-5H3,(H,21,22)/t12-,13+,15-/m1/s1. The molecule has 0 spiro atoms. The quantitative estimate of drug-likeness (QED) is 0.404. The highest BCUT2D eigenvalue weighted by molar-refractivity contribution is 5.91. The SMILES string of the molecule is CC(=O)OCC(=O)[C@@H](OC(C)=O)[C@H](OC(C)=O)[C@@](C)(OC(C)=O)C(=O)O. The van der Waals surface area contributed by atoms with Gasteiger partial charge in [-0.1, -0.05) is 0 Å². The highest BCUT2D eigenvalue weighted by Gasteiger charge is 2.54. The molecule has 0 bridgehead atoms. The van der Waals surface area contributed by atoms with E-state index in [1.165, 1.54) is 0 Å². The molecule has 1 N–H and O–H groups in total. The third kappa shape index (κ3) is 6.87. The molecule has 0 unspecified atom stereocenters. The Morgan fingerprint density at radius 3 is 1.69 bits per heavy atom. The summed E-state index contributed by atoms with van der Waals surface area (Å²) in [5.74, 6) is -6.78. The zero-order chi connectivity index (χ0) is 20.7. The smallest absolute Gasteiger partial charge is 0.352 e. The zero-order valence-corrected chi connectivity index (χ0v) is 14.9. The molecule has 0 saturated carbocycles. The van der Waals surface area contributed by atoms with Crippen LogP contribution in [0.2, 0.25) is 0 Å². The van der Waals surface area contributed by atoms with Crippen molar-refractivity contribution in [3.05, 3.63) is 0 Å². The lowest BCUT2D eigenvalue weighted by Gasteiger charge is -2.35. The van der Waals surface area contributed by atoms with Gasteiger partial charge >= 0.3 is 29.8 Å². The lowest BCUT2D eigenvalue weighted by atomic mass is 9.91. The van der Waals surface area contributed by atoms with Crippen LogP contribution in [-0.4, -0.2) is 65.2 Å². The summed E-state index contributed by atoms with van der Waals surface area (Å²) in [5, 5.41) is 9.44. The number of aliphatic carboxylic acids is 1. The van der Waals surface area contributed by atoms with Crippen LogP contribution < -0.4 is 0 Å². The van der Waals surface area contributed by atoms with Crippen molar-refractivity contribution in [1.82, 2.24) is 0 Å². The molecule has 0 aromatic rings. The van der Waals surface area contributed by atoms with E-state index in [9.17, 15) is 33.9 Å². The van der Waals surface area contributed by atoms with Gasteiger partial charge in [0.25, 0.3) is 0 Å². The molecule has 26 heavy (non-hydrogen) atoms. The minimum atomic E-state index is -2.57. The maximum Gasteiger partial charge on any atom is 0.352 e. The predicted octanol–water partition coefficient (Wildman–Crippen LogP) is -0.612. The van der Waals surface area contributed by atoms with Gasteiger partial charge in [-0.05, 0) is 6.92 Å². The summed E-state index contributed by atoms with van der Waals surface area (Å²) in [6.07, 6.45) is -4.04. The number of Topliss-reactive ketones (excluding diaryl/α,β-unsaturated/α-hetero) is 1. The summed E-state index contributed by atoms with van der Waals surface area (Å²) >= 11 is 0. The Balaban J connectivity index is 6.09. The van der Waals surface area contributed by atoms with E-state index in [1.54, 1.807) is 0 Å². The normalized spacial score (nSPS) is 14.8. The average molecular weight is 376 g/mol. The van der Waals surface area contributed by atoms with Gasteiger partial charge in [0.15, 0.2) is 12.7 Å². The molecule has 0 fully saturated rings. The minimum absolute atomic E-state index is 0.829. The van der Waals surface area contributed by atoms with E-state index in [0.717, 1.165) is 34.6 Å². The molecule has 0 amide bonds. The zero-order valence-electron chi connectivity index (χ0n) is 14.9. The van der Waals surface area contributed by atoms with Crippen molar-refractivity contribution in [2.75, 3.05) is 6.61 Å². The van der Waals surface area contributed by atoms with Crippen LogP contribution in [0.1, 0.15) is 34.6 Å². The first kappa shape index (κ1) is 23.0. The van der Waals surface area contributed by atoms with E-state index in [-0.39, 0.29) is 0 Å². The van der Waals surface area contributed by atoms with Gasteiger partial charge in [-0.3, -0.25) is 24.0 Å². The summed E-state index contributed by atoms with van der Waals surface area (Å²) in [6, 6.07) is 0. The highest BCUT2D eigenvalue weighted by atomic mass is 16.6. The third-order valence-corrected chi connectivity index (χ3v) is 2.92. The average Bonchev–Trinajstić information content (AvgIpc) is 2.46. The summed E-state index contributed by atoms with van der Waals surface area (Å²) < 4.78 is 18.8.